The molecule has 0 aliphatic carbocycles. The zero-order valence-corrected chi connectivity index (χ0v) is 15.1. The van der Waals surface area contributed by atoms with E-state index in [0.29, 0.717) is 6.42 Å². The highest BCUT2D eigenvalue weighted by Crippen LogP contribution is 2.03. The molecule has 3 atom stereocenters. The minimum atomic E-state index is -1.08. The van der Waals surface area contributed by atoms with Gasteiger partial charge in [0.15, 0.2) is 0 Å². The summed E-state index contributed by atoms with van der Waals surface area (Å²) >= 11 is 0. The molecule has 0 aliphatic rings. The van der Waals surface area contributed by atoms with Crippen molar-refractivity contribution in [2.75, 3.05) is 20.1 Å². The van der Waals surface area contributed by atoms with Crippen molar-refractivity contribution in [3.63, 3.8) is 0 Å². The highest BCUT2D eigenvalue weighted by molar-refractivity contribution is 5.81. The third-order valence-electron chi connectivity index (χ3n) is 3.28. The van der Waals surface area contributed by atoms with Crippen molar-refractivity contribution in [3.05, 3.63) is 0 Å². The van der Waals surface area contributed by atoms with E-state index >= 15 is 0 Å². The van der Waals surface area contributed by atoms with Gasteiger partial charge in [-0.25, -0.2) is 5.01 Å². The number of aliphatic hydroxyl groups excluding tert-OH is 1. The zero-order chi connectivity index (χ0) is 19.6. The van der Waals surface area contributed by atoms with Crippen LogP contribution in [0.3, 0.4) is 0 Å². The molecule has 8 N–H and O–H groups in total. The van der Waals surface area contributed by atoms with Crippen LogP contribution in [0.4, 0.5) is 0 Å². The van der Waals surface area contributed by atoms with Crippen molar-refractivity contribution in [1.82, 2.24) is 15.8 Å². The van der Waals surface area contributed by atoms with Crippen molar-refractivity contribution >= 4 is 17.8 Å². The van der Waals surface area contributed by atoms with Crippen LogP contribution in [-0.2, 0) is 14.4 Å². The van der Waals surface area contributed by atoms with E-state index in [9.17, 15) is 19.5 Å². The Morgan fingerprint density at radius 1 is 1.16 bits per heavy atom. The third kappa shape index (κ3) is 12.3. The molecule has 25 heavy (non-hydrogen) atoms. The molecule has 10 nitrogen and oxygen atoms in total. The molecule has 0 bridgehead atoms. The molecule has 0 saturated heterocycles. The van der Waals surface area contributed by atoms with Crippen LogP contribution in [-0.4, -0.2) is 71.3 Å². The van der Waals surface area contributed by atoms with E-state index in [1.165, 1.54) is 7.05 Å². The lowest BCUT2D eigenvalue weighted by Gasteiger charge is -2.20. The molecular weight excluding hydrogens is 330 g/mol. The minimum Gasteiger partial charge on any atom is -0.480 e. The fraction of sp³-hybridized carbons (Fsp3) is 0.800. The van der Waals surface area contributed by atoms with Gasteiger partial charge in [-0.3, -0.25) is 19.8 Å². The van der Waals surface area contributed by atoms with Crippen LogP contribution in [0.25, 0.3) is 0 Å². The lowest BCUT2D eigenvalue weighted by Crippen LogP contribution is -2.46. The van der Waals surface area contributed by atoms with Gasteiger partial charge in [-0.15, -0.1) is 0 Å². The summed E-state index contributed by atoms with van der Waals surface area (Å²) in [6.07, 6.45) is -0.335. The molecule has 0 spiro atoms. The molecule has 0 aromatic carbocycles. The maximum Gasteiger partial charge on any atom is 0.319 e. The number of nitrogens with one attached hydrogen (secondary N) is 2. The largest absolute Gasteiger partial charge is 0.480 e. The van der Waals surface area contributed by atoms with E-state index in [4.69, 9.17) is 16.6 Å². The van der Waals surface area contributed by atoms with Gasteiger partial charge in [0.2, 0.25) is 11.8 Å². The molecule has 0 aromatic heterocycles. The number of hydrogen-bond acceptors (Lipinski definition) is 7. The summed E-state index contributed by atoms with van der Waals surface area (Å²) in [5, 5.41) is 22.2. The van der Waals surface area contributed by atoms with Gasteiger partial charge in [-0.05, 0) is 18.8 Å². The molecule has 0 aliphatic heterocycles. The summed E-state index contributed by atoms with van der Waals surface area (Å²) in [7, 11) is 1.42. The molecule has 0 aromatic rings. The Bertz CT molecular complexity index is 446. The number of likely N-dealkylation sites (N-methyl/N-ethyl adjacent to an activating group) is 1. The molecular formula is C15H31N5O5. The Morgan fingerprint density at radius 3 is 2.28 bits per heavy atom. The van der Waals surface area contributed by atoms with E-state index in [-0.39, 0.29) is 37.8 Å². The molecule has 0 saturated carbocycles. The number of rotatable bonds is 12. The molecule has 146 valence electrons. The average Bonchev–Trinajstić information content (AvgIpc) is 2.42. The van der Waals surface area contributed by atoms with Gasteiger partial charge in [-0.1, -0.05) is 13.8 Å². The summed E-state index contributed by atoms with van der Waals surface area (Å²) in [6, 6.07) is -1.26. The number of nitrogens with two attached hydrogens (primary N) is 2. The van der Waals surface area contributed by atoms with Crippen LogP contribution in [0.15, 0.2) is 0 Å². The first-order valence-corrected chi connectivity index (χ1v) is 8.20. The number of carboxylic acid groups (broad SMARTS) is 1. The smallest absolute Gasteiger partial charge is 0.319 e. The van der Waals surface area contributed by atoms with Crippen molar-refractivity contribution in [3.8, 4) is 0 Å². The van der Waals surface area contributed by atoms with E-state index < -0.39 is 30.1 Å². The SMILES string of the molecule is CC(C)C[C@H](N)C(=O)NCC(O)CC(N)CC(=O)NN(C)CC(=O)O. The summed E-state index contributed by atoms with van der Waals surface area (Å²) in [5.41, 5.74) is 13.9. The van der Waals surface area contributed by atoms with Crippen LogP contribution >= 0.6 is 0 Å². The predicted molar refractivity (Wildman–Crippen MR) is 92.1 cm³/mol. The summed E-state index contributed by atoms with van der Waals surface area (Å²) in [5.74, 6) is -1.58. The summed E-state index contributed by atoms with van der Waals surface area (Å²) < 4.78 is 0. The van der Waals surface area contributed by atoms with E-state index in [0.717, 1.165) is 5.01 Å². The minimum absolute atomic E-state index is 0.00113. The maximum absolute atomic E-state index is 11.8. The number of hydrogen-bond donors (Lipinski definition) is 6. The summed E-state index contributed by atoms with van der Waals surface area (Å²) in [4.78, 5) is 33.9. The topological polar surface area (TPSA) is 171 Å². The first kappa shape index (κ1) is 23.2. The van der Waals surface area contributed by atoms with Crippen molar-refractivity contribution in [2.45, 2.75) is 51.3 Å². The first-order valence-electron chi connectivity index (χ1n) is 8.20. The van der Waals surface area contributed by atoms with Crippen molar-refractivity contribution in [1.29, 1.82) is 0 Å². The Labute approximate surface area is 147 Å². The number of nitrogens with zero attached hydrogens (tertiary/aromatic N) is 1. The zero-order valence-electron chi connectivity index (χ0n) is 15.1. The highest BCUT2D eigenvalue weighted by Gasteiger charge is 2.19. The number of amides is 2. The van der Waals surface area contributed by atoms with Crippen molar-refractivity contribution in [2.24, 2.45) is 17.4 Å². The maximum atomic E-state index is 11.8. The van der Waals surface area contributed by atoms with E-state index in [2.05, 4.69) is 10.7 Å². The number of carboxylic acids is 1. The van der Waals surface area contributed by atoms with Gasteiger partial charge in [0.1, 0.15) is 6.54 Å². The van der Waals surface area contributed by atoms with Crippen LogP contribution in [0.5, 0.6) is 0 Å². The second-order valence-corrected chi connectivity index (χ2v) is 6.62. The normalized spacial score (nSPS) is 14.9. The van der Waals surface area contributed by atoms with E-state index in [1.807, 2.05) is 13.8 Å². The Kier molecular flexibility index (Phi) is 10.9. The Balaban J connectivity index is 4.08. The predicted octanol–water partition coefficient (Wildman–Crippen LogP) is -2.01. The van der Waals surface area contributed by atoms with Gasteiger partial charge < -0.3 is 27.0 Å². The molecule has 2 unspecified atom stereocenters. The second-order valence-electron chi connectivity index (χ2n) is 6.62. The molecule has 10 heteroatoms. The second kappa shape index (κ2) is 11.7. The van der Waals surface area contributed by atoms with Gasteiger partial charge in [-0.2, -0.15) is 0 Å². The Hall–Kier alpha value is -1.75. The van der Waals surface area contributed by atoms with Crippen LogP contribution in [0.1, 0.15) is 33.1 Å². The van der Waals surface area contributed by atoms with Gasteiger partial charge >= 0.3 is 5.97 Å². The number of aliphatic carboxylic acids is 1. The van der Waals surface area contributed by atoms with Gasteiger partial charge in [0, 0.05) is 26.1 Å². The first-order chi connectivity index (χ1) is 11.5. The lowest BCUT2D eigenvalue weighted by atomic mass is 10.0. The van der Waals surface area contributed by atoms with Gasteiger partial charge in [0.05, 0.1) is 12.1 Å². The standard InChI is InChI=1S/C15H31N5O5/c1-9(2)4-12(17)15(25)18-7-11(21)5-10(16)6-13(22)19-20(3)8-14(23)24/h9-12,21H,4-8,16-17H2,1-3H3,(H,18,25)(H,19,22)(H,23,24)/t10?,11?,12-/m0/s1. The average molecular weight is 361 g/mol. The number of carbonyl (C=O) groups is 3. The number of aliphatic hydroxyl groups is 1. The fourth-order valence-electron chi connectivity index (χ4n) is 2.22. The molecule has 0 radical (unpaired) electrons. The van der Waals surface area contributed by atoms with Crippen molar-refractivity contribution < 1.29 is 24.6 Å². The molecule has 0 heterocycles. The number of carbonyl (C=O) groups excluding carboxylic acids is 2. The molecule has 0 fully saturated rings. The van der Waals surface area contributed by atoms with Crippen LogP contribution < -0.4 is 22.2 Å². The summed E-state index contributed by atoms with van der Waals surface area (Å²) in [6.45, 7) is 3.57. The molecule has 2 amide bonds. The lowest BCUT2D eigenvalue weighted by molar-refractivity contribution is -0.139. The Morgan fingerprint density at radius 2 is 1.76 bits per heavy atom. The number of hydrazine groups is 1. The van der Waals surface area contributed by atoms with E-state index in [1.54, 1.807) is 0 Å². The highest BCUT2D eigenvalue weighted by atomic mass is 16.4. The van der Waals surface area contributed by atoms with Crippen LogP contribution in [0, 0.1) is 5.92 Å². The quantitative estimate of drug-likeness (QED) is 0.216. The van der Waals surface area contributed by atoms with Crippen LogP contribution in [0.2, 0.25) is 0 Å². The molecule has 0 rings (SSSR count). The monoisotopic (exact) mass is 361 g/mol. The fourth-order valence-corrected chi connectivity index (χ4v) is 2.22. The van der Waals surface area contributed by atoms with Gasteiger partial charge in [0.25, 0.3) is 0 Å². The third-order valence-corrected chi connectivity index (χ3v) is 3.28.